The van der Waals surface area contributed by atoms with Crippen molar-refractivity contribution in [2.45, 2.75) is 25.8 Å². The molecule has 2 rings (SSSR count). The van der Waals surface area contributed by atoms with Crippen molar-refractivity contribution in [2.75, 3.05) is 18.0 Å². The number of nitrogens with zero attached hydrogens (tertiary/aromatic N) is 1. The number of benzene rings is 1. The van der Waals surface area contributed by atoms with Crippen LogP contribution >= 0.6 is 23.2 Å². The van der Waals surface area contributed by atoms with Crippen LogP contribution in [0.15, 0.2) is 18.2 Å². The third-order valence-corrected chi connectivity index (χ3v) is 3.84. The number of halogens is 2. The first-order valence-electron chi connectivity index (χ1n) is 6.13. The van der Waals surface area contributed by atoms with Gasteiger partial charge in [0.2, 0.25) is 5.91 Å². The maximum absolute atomic E-state index is 12.3. The highest BCUT2D eigenvalue weighted by molar-refractivity contribution is 6.42. The van der Waals surface area contributed by atoms with Crippen LogP contribution < -0.4 is 10.2 Å². The second-order valence-electron chi connectivity index (χ2n) is 4.34. The van der Waals surface area contributed by atoms with Crippen molar-refractivity contribution in [1.29, 1.82) is 0 Å². The number of piperidine rings is 1. The Balaban J connectivity index is 2.21. The highest BCUT2D eigenvalue weighted by Crippen LogP contribution is 2.29. The number of carbonyl (C=O) groups is 1. The van der Waals surface area contributed by atoms with E-state index < -0.39 is 0 Å². The molecule has 3 nitrogen and oxygen atoms in total. The largest absolute Gasteiger partial charge is 0.311 e. The van der Waals surface area contributed by atoms with E-state index in [1.807, 2.05) is 13.0 Å². The molecule has 1 unspecified atom stereocenters. The number of nitrogens with one attached hydrogen (secondary N) is 1. The summed E-state index contributed by atoms with van der Waals surface area (Å²) in [7, 11) is 0. The van der Waals surface area contributed by atoms with Gasteiger partial charge in [-0.15, -0.1) is 0 Å². The minimum atomic E-state index is -0.0850. The van der Waals surface area contributed by atoms with E-state index in [2.05, 4.69) is 5.32 Å². The molecular formula is C13H16Cl2N2O. The molecule has 1 saturated heterocycles. The van der Waals surface area contributed by atoms with Gasteiger partial charge in [0, 0.05) is 12.2 Å². The van der Waals surface area contributed by atoms with E-state index in [-0.39, 0.29) is 11.9 Å². The topological polar surface area (TPSA) is 32.3 Å². The van der Waals surface area contributed by atoms with Crippen LogP contribution in [0.1, 0.15) is 19.8 Å². The summed E-state index contributed by atoms with van der Waals surface area (Å²) in [4.78, 5) is 14.1. The molecule has 0 spiro atoms. The van der Waals surface area contributed by atoms with Crippen molar-refractivity contribution in [2.24, 2.45) is 0 Å². The molecule has 0 radical (unpaired) electrons. The van der Waals surface area contributed by atoms with Crippen molar-refractivity contribution < 1.29 is 4.79 Å². The first kappa shape index (κ1) is 13.7. The molecule has 5 heteroatoms. The Morgan fingerprint density at radius 2 is 2.17 bits per heavy atom. The van der Waals surface area contributed by atoms with E-state index in [1.165, 1.54) is 0 Å². The highest BCUT2D eigenvalue weighted by atomic mass is 35.5. The minimum absolute atomic E-state index is 0.0850. The molecule has 1 fully saturated rings. The summed E-state index contributed by atoms with van der Waals surface area (Å²) < 4.78 is 0. The lowest BCUT2D eigenvalue weighted by atomic mass is 10.0. The number of anilines is 1. The van der Waals surface area contributed by atoms with E-state index in [0.29, 0.717) is 10.0 Å². The van der Waals surface area contributed by atoms with E-state index in [1.54, 1.807) is 17.0 Å². The average Bonchev–Trinajstić information content (AvgIpc) is 2.36. The molecule has 1 aromatic carbocycles. The van der Waals surface area contributed by atoms with Crippen molar-refractivity contribution in [3.63, 3.8) is 0 Å². The van der Waals surface area contributed by atoms with Crippen molar-refractivity contribution >= 4 is 34.8 Å². The van der Waals surface area contributed by atoms with Crippen LogP contribution in [0.3, 0.4) is 0 Å². The van der Waals surface area contributed by atoms with Gasteiger partial charge in [-0.05, 0) is 37.6 Å². The van der Waals surface area contributed by atoms with Crippen molar-refractivity contribution in [3.05, 3.63) is 28.2 Å². The number of hydrogen-bond donors (Lipinski definition) is 1. The van der Waals surface area contributed by atoms with Crippen molar-refractivity contribution in [3.8, 4) is 0 Å². The van der Waals surface area contributed by atoms with Crippen LogP contribution in [-0.2, 0) is 4.79 Å². The summed E-state index contributed by atoms with van der Waals surface area (Å²) in [6, 6.07) is 5.22. The molecule has 98 valence electrons. The molecule has 0 bridgehead atoms. The Bertz CT molecular complexity index is 449. The molecule has 1 N–H and O–H groups in total. The van der Waals surface area contributed by atoms with Crippen LogP contribution in [0.25, 0.3) is 0 Å². The molecule has 1 heterocycles. The maximum Gasteiger partial charge on any atom is 0.244 e. The number of rotatable bonds is 3. The molecule has 1 amide bonds. The normalized spacial score (nSPS) is 20.3. The van der Waals surface area contributed by atoms with Gasteiger partial charge in [-0.25, -0.2) is 0 Å². The van der Waals surface area contributed by atoms with Gasteiger partial charge >= 0.3 is 0 Å². The Morgan fingerprint density at radius 1 is 1.39 bits per heavy atom. The van der Waals surface area contributed by atoms with Gasteiger partial charge in [0.15, 0.2) is 0 Å². The third kappa shape index (κ3) is 2.79. The van der Waals surface area contributed by atoms with Gasteiger partial charge < -0.3 is 10.2 Å². The monoisotopic (exact) mass is 286 g/mol. The fourth-order valence-corrected chi connectivity index (χ4v) is 2.51. The van der Waals surface area contributed by atoms with E-state index in [4.69, 9.17) is 23.2 Å². The predicted molar refractivity (Wildman–Crippen MR) is 75.5 cm³/mol. The van der Waals surface area contributed by atoms with E-state index in [0.717, 1.165) is 31.6 Å². The summed E-state index contributed by atoms with van der Waals surface area (Å²) in [5.74, 6) is 0.112. The average molecular weight is 287 g/mol. The summed E-state index contributed by atoms with van der Waals surface area (Å²) >= 11 is 11.9. The number of hydrogen-bond acceptors (Lipinski definition) is 2. The van der Waals surface area contributed by atoms with E-state index in [9.17, 15) is 4.79 Å². The molecular weight excluding hydrogens is 271 g/mol. The molecule has 0 aliphatic carbocycles. The van der Waals surface area contributed by atoms with Crippen LogP contribution in [-0.4, -0.2) is 25.0 Å². The third-order valence-electron chi connectivity index (χ3n) is 3.10. The lowest BCUT2D eigenvalue weighted by Crippen LogP contribution is -2.50. The van der Waals surface area contributed by atoms with Crippen LogP contribution in [0.4, 0.5) is 5.69 Å². The number of likely N-dealkylation sites (N-methyl/N-ethyl adjacent to an activating group) is 1. The molecule has 1 aliphatic heterocycles. The van der Waals surface area contributed by atoms with Gasteiger partial charge in [-0.2, -0.15) is 0 Å². The zero-order chi connectivity index (χ0) is 13.1. The second-order valence-corrected chi connectivity index (χ2v) is 5.16. The molecule has 1 aromatic rings. The Kier molecular flexibility index (Phi) is 4.49. The van der Waals surface area contributed by atoms with Crippen molar-refractivity contribution in [1.82, 2.24) is 5.32 Å². The van der Waals surface area contributed by atoms with Crippen LogP contribution in [0, 0.1) is 0 Å². The molecule has 18 heavy (non-hydrogen) atoms. The first-order valence-corrected chi connectivity index (χ1v) is 6.89. The fourth-order valence-electron chi connectivity index (χ4n) is 2.22. The second kappa shape index (κ2) is 5.91. The molecule has 1 atom stereocenters. The first-order chi connectivity index (χ1) is 8.63. The van der Waals surface area contributed by atoms with Crippen LogP contribution in [0.5, 0.6) is 0 Å². The number of carbonyl (C=O) groups excluding carboxylic acids is 1. The van der Waals surface area contributed by atoms with Gasteiger partial charge in [0.1, 0.15) is 0 Å². The Labute approximate surface area is 117 Å². The van der Waals surface area contributed by atoms with Gasteiger partial charge in [-0.1, -0.05) is 30.1 Å². The Hall–Kier alpha value is -0.770. The summed E-state index contributed by atoms with van der Waals surface area (Å²) in [5.41, 5.74) is 0.817. The fraction of sp³-hybridized carbons (Fsp3) is 0.462. The van der Waals surface area contributed by atoms with Crippen LogP contribution in [0.2, 0.25) is 10.0 Å². The number of amides is 1. The lowest BCUT2D eigenvalue weighted by Gasteiger charge is -2.32. The molecule has 0 aromatic heterocycles. The minimum Gasteiger partial charge on any atom is -0.311 e. The van der Waals surface area contributed by atoms with Gasteiger partial charge in [-0.3, -0.25) is 4.79 Å². The molecule has 0 saturated carbocycles. The smallest absolute Gasteiger partial charge is 0.244 e. The quantitative estimate of drug-likeness (QED) is 0.926. The Morgan fingerprint density at radius 3 is 2.83 bits per heavy atom. The zero-order valence-corrected chi connectivity index (χ0v) is 11.8. The maximum atomic E-state index is 12.3. The molecule has 1 aliphatic rings. The summed E-state index contributed by atoms with van der Waals surface area (Å²) in [6.07, 6.45) is 1.88. The lowest BCUT2D eigenvalue weighted by molar-refractivity contribution is -0.121. The summed E-state index contributed by atoms with van der Waals surface area (Å²) in [5, 5.41) is 4.20. The standard InChI is InChI=1S/C13H16Cl2N2O/c1-2-16-12-4-3-7-17(13(12)18)9-5-6-10(14)11(15)8-9/h5-6,8,12,16H,2-4,7H2,1H3. The summed E-state index contributed by atoms with van der Waals surface area (Å²) in [6.45, 7) is 3.54. The van der Waals surface area contributed by atoms with E-state index >= 15 is 0 Å². The highest BCUT2D eigenvalue weighted by Gasteiger charge is 2.28. The predicted octanol–water partition coefficient (Wildman–Crippen LogP) is 3.10. The van der Waals surface area contributed by atoms with Gasteiger partial charge in [0.05, 0.1) is 16.1 Å². The SMILES string of the molecule is CCNC1CCCN(c2ccc(Cl)c(Cl)c2)C1=O. The van der Waals surface area contributed by atoms with Gasteiger partial charge in [0.25, 0.3) is 0 Å². The zero-order valence-electron chi connectivity index (χ0n) is 10.2.